The summed E-state index contributed by atoms with van der Waals surface area (Å²) in [6.07, 6.45) is 2.10. The Morgan fingerprint density at radius 2 is 2.07 bits per heavy atom. The summed E-state index contributed by atoms with van der Waals surface area (Å²) in [6.45, 7) is 5.73. The first-order chi connectivity index (χ1) is 7.15. The number of hydrogen-bond donors (Lipinski definition) is 1. The molecule has 0 spiro atoms. The molecule has 1 fully saturated rings. The van der Waals surface area contributed by atoms with E-state index in [1.807, 2.05) is 0 Å². The Morgan fingerprint density at radius 1 is 1.40 bits per heavy atom. The normalized spacial score (nSPS) is 26.7. The van der Waals surface area contributed by atoms with Crippen LogP contribution in [0.3, 0.4) is 0 Å². The molecule has 2 unspecified atom stereocenters. The minimum atomic E-state index is 0.207. The van der Waals surface area contributed by atoms with Gasteiger partial charge in [0, 0.05) is 19.3 Å². The summed E-state index contributed by atoms with van der Waals surface area (Å²) in [6, 6.07) is 1.69. The first-order valence-corrected chi connectivity index (χ1v) is 5.14. The van der Waals surface area contributed by atoms with Gasteiger partial charge in [-0.3, -0.25) is 0 Å². The lowest BCUT2D eigenvalue weighted by molar-refractivity contribution is -0.00571. The highest BCUT2D eigenvalue weighted by Crippen LogP contribution is 2.16. The van der Waals surface area contributed by atoms with Crippen LogP contribution in [0.25, 0.3) is 0 Å². The maximum absolute atomic E-state index is 5.64. The van der Waals surface area contributed by atoms with Gasteiger partial charge in [0.05, 0.1) is 12.2 Å². The van der Waals surface area contributed by atoms with E-state index in [-0.39, 0.29) is 12.2 Å². The Labute approximate surface area is 89.3 Å². The zero-order valence-electron chi connectivity index (χ0n) is 9.05. The standard InChI is InChI=1S/C10H16N4O/c1-7-5-14(6-8(2)15-7)10-12-4-3-9(11)13-10/h3-4,7-8H,5-6H2,1-2H3,(H2,11,12,13). The number of anilines is 2. The van der Waals surface area contributed by atoms with Crippen molar-refractivity contribution in [2.24, 2.45) is 0 Å². The molecule has 2 atom stereocenters. The third kappa shape index (κ3) is 2.36. The van der Waals surface area contributed by atoms with Crippen LogP contribution in [0.4, 0.5) is 11.8 Å². The number of nitrogens with zero attached hydrogens (tertiary/aromatic N) is 3. The van der Waals surface area contributed by atoms with Crippen LogP contribution < -0.4 is 10.6 Å². The molecular formula is C10H16N4O. The average molecular weight is 208 g/mol. The molecular weight excluding hydrogens is 192 g/mol. The molecule has 1 aliphatic heterocycles. The van der Waals surface area contributed by atoms with Crippen molar-refractivity contribution in [1.82, 2.24) is 9.97 Å². The van der Waals surface area contributed by atoms with Gasteiger partial charge in [0.1, 0.15) is 5.82 Å². The number of morpholine rings is 1. The summed E-state index contributed by atoms with van der Waals surface area (Å²) in [5, 5.41) is 0. The summed E-state index contributed by atoms with van der Waals surface area (Å²) in [7, 11) is 0. The van der Waals surface area contributed by atoms with Gasteiger partial charge in [0.15, 0.2) is 0 Å². The van der Waals surface area contributed by atoms with Crippen LogP contribution in [0.15, 0.2) is 12.3 Å². The topological polar surface area (TPSA) is 64.3 Å². The van der Waals surface area contributed by atoms with Gasteiger partial charge in [-0.2, -0.15) is 4.98 Å². The highest BCUT2D eigenvalue weighted by molar-refractivity contribution is 5.38. The lowest BCUT2D eigenvalue weighted by Gasteiger charge is -2.35. The number of hydrogen-bond acceptors (Lipinski definition) is 5. The van der Waals surface area contributed by atoms with E-state index in [4.69, 9.17) is 10.5 Å². The highest BCUT2D eigenvalue weighted by Gasteiger charge is 2.23. The lowest BCUT2D eigenvalue weighted by atomic mass is 10.2. The van der Waals surface area contributed by atoms with Crippen molar-refractivity contribution < 1.29 is 4.74 Å². The van der Waals surface area contributed by atoms with E-state index in [1.165, 1.54) is 0 Å². The smallest absolute Gasteiger partial charge is 0.227 e. The van der Waals surface area contributed by atoms with Crippen molar-refractivity contribution in [1.29, 1.82) is 0 Å². The molecule has 0 aliphatic carbocycles. The van der Waals surface area contributed by atoms with Gasteiger partial charge in [-0.05, 0) is 19.9 Å². The number of rotatable bonds is 1. The Kier molecular flexibility index (Phi) is 2.73. The average Bonchev–Trinajstić information content (AvgIpc) is 2.16. The zero-order valence-corrected chi connectivity index (χ0v) is 9.05. The fourth-order valence-electron chi connectivity index (χ4n) is 1.86. The monoisotopic (exact) mass is 208 g/mol. The van der Waals surface area contributed by atoms with Crippen molar-refractivity contribution in [2.45, 2.75) is 26.1 Å². The van der Waals surface area contributed by atoms with E-state index in [2.05, 4.69) is 28.7 Å². The van der Waals surface area contributed by atoms with Crippen LogP contribution in [0.5, 0.6) is 0 Å². The molecule has 0 radical (unpaired) electrons. The van der Waals surface area contributed by atoms with Gasteiger partial charge < -0.3 is 15.4 Å². The molecule has 15 heavy (non-hydrogen) atoms. The Bertz CT molecular complexity index is 334. The molecule has 2 heterocycles. The molecule has 82 valence electrons. The van der Waals surface area contributed by atoms with Crippen molar-refractivity contribution in [3.05, 3.63) is 12.3 Å². The second kappa shape index (κ2) is 4.02. The largest absolute Gasteiger partial charge is 0.384 e. The summed E-state index contributed by atoms with van der Waals surface area (Å²) < 4.78 is 5.64. The van der Waals surface area contributed by atoms with Crippen molar-refractivity contribution in [3.63, 3.8) is 0 Å². The third-order valence-electron chi connectivity index (χ3n) is 2.37. The van der Waals surface area contributed by atoms with Crippen LogP contribution in [-0.2, 0) is 4.74 Å². The van der Waals surface area contributed by atoms with E-state index < -0.39 is 0 Å². The minimum Gasteiger partial charge on any atom is -0.384 e. The number of nitrogen functional groups attached to an aromatic ring is 1. The molecule has 0 saturated carbocycles. The van der Waals surface area contributed by atoms with E-state index in [1.54, 1.807) is 12.3 Å². The fraction of sp³-hybridized carbons (Fsp3) is 0.600. The van der Waals surface area contributed by atoms with E-state index in [0.29, 0.717) is 11.8 Å². The summed E-state index contributed by atoms with van der Waals surface area (Å²) in [4.78, 5) is 10.5. The minimum absolute atomic E-state index is 0.207. The highest BCUT2D eigenvalue weighted by atomic mass is 16.5. The molecule has 0 aromatic carbocycles. The van der Waals surface area contributed by atoms with Crippen LogP contribution in [0, 0.1) is 0 Å². The summed E-state index contributed by atoms with van der Waals surface area (Å²) in [5.41, 5.74) is 5.63. The summed E-state index contributed by atoms with van der Waals surface area (Å²) in [5.74, 6) is 1.20. The second-order valence-electron chi connectivity index (χ2n) is 3.94. The van der Waals surface area contributed by atoms with Crippen LogP contribution in [0.2, 0.25) is 0 Å². The Balaban J connectivity index is 2.16. The molecule has 1 saturated heterocycles. The van der Waals surface area contributed by atoms with Gasteiger partial charge in [0.2, 0.25) is 5.95 Å². The first-order valence-electron chi connectivity index (χ1n) is 5.14. The molecule has 5 nitrogen and oxygen atoms in total. The molecule has 2 N–H and O–H groups in total. The van der Waals surface area contributed by atoms with Crippen LogP contribution in [-0.4, -0.2) is 35.3 Å². The fourth-order valence-corrected chi connectivity index (χ4v) is 1.86. The van der Waals surface area contributed by atoms with Gasteiger partial charge in [0.25, 0.3) is 0 Å². The molecule has 0 bridgehead atoms. The molecule has 5 heteroatoms. The second-order valence-corrected chi connectivity index (χ2v) is 3.94. The van der Waals surface area contributed by atoms with Gasteiger partial charge >= 0.3 is 0 Å². The molecule has 1 aliphatic rings. The maximum atomic E-state index is 5.64. The quantitative estimate of drug-likeness (QED) is 0.735. The molecule has 2 rings (SSSR count). The number of ether oxygens (including phenoxy) is 1. The number of aromatic nitrogens is 2. The van der Waals surface area contributed by atoms with Crippen LogP contribution in [0.1, 0.15) is 13.8 Å². The zero-order chi connectivity index (χ0) is 10.8. The molecule has 0 amide bonds. The van der Waals surface area contributed by atoms with E-state index >= 15 is 0 Å². The Morgan fingerprint density at radius 3 is 2.67 bits per heavy atom. The summed E-state index contributed by atoms with van der Waals surface area (Å²) >= 11 is 0. The predicted octanol–water partition coefficient (Wildman–Crippen LogP) is 0.672. The predicted molar refractivity (Wildman–Crippen MR) is 58.7 cm³/mol. The first kappa shape index (κ1) is 10.2. The van der Waals surface area contributed by atoms with Crippen molar-refractivity contribution in [3.8, 4) is 0 Å². The van der Waals surface area contributed by atoms with Crippen LogP contribution >= 0.6 is 0 Å². The van der Waals surface area contributed by atoms with Gasteiger partial charge in [-0.1, -0.05) is 0 Å². The third-order valence-corrected chi connectivity index (χ3v) is 2.37. The Hall–Kier alpha value is -1.36. The van der Waals surface area contributed by atoms with Crippen molar-refractivity contribution >= 4 is 11.8 Å². The van der Waals surface area contributed by atoms with E-state index in [9.17, 15) is 0 Å². The number of nitrogens with two attached hydrogens (primary N) is 1. The SMILES string of the molecule is CC1CN(c2nccc(N)n2)CC(C)O1. The van der Waals surface area contributed by atoms with Gasteiger partial charge in [-0.25, -0.2) is 4.98 Å². The van der Waals surface area contributed by atoms with Crippen molar-refractivity contribution in [2.75, 3.05) is 23.7 Å². The lowest BCUT2D eigenvalue weighted by Crippen LogP contribution is -2.46. The molecule has 1 aromatic heterocycles. The maximum Gasteiger partial charge on any atom is 0.227 e. The van der Waals surface area contributed by atoms with E-state index in [0.717, 1.165) is 13.1 Å². The molecule has 1 aromatic rings. The van der Waals surface area contributed by atoms with Gasteiger partial charge in [-0.15, -0.1) is 0 Å².